The van der Waals surface area contributed by atoms with Crippen molar-refractivity contribution in [2.24, 2.45) is 0 Å². The van der Waals surface area contributed by atoms with Gasteiger partial charge in [-0.1, -0.05) is 55.7 Å². The number of rotatable bonds is 0. The maximum absolute atomic E-state index is 9.31. The van der Waals surface area contributed by atoms with E-state index in [1.54, 1.807) is 36.7 Å². The number of hydrogen-bond donors (Lipinski definition) is 3. The van der Waals surface area contributed by atoms with E-state index in [2.05, 4.69) is 9.97 Å². The van der Waals surface area contributed by atoms with Gasteiger partial charge in [0.15, 0.2) is 0 Å². The van der Waals surface area contributed by atoms with Crippen LogP contribution in [0.2, 0.25) is 0 Å². The number of nitrogens with zero attached hydrogens (tertiary/aromatic N) is 2. The van der Waals surface area contributed by atoms with E-state index in [4.69, 9.17) is 8.78 Å². The van der Waals surface area contributed by atoms with E-state index in [0.717, 1.165) is 41.0 Å². The fourth-order valence-electron chi connectivity index (χ4n) is 3.26. The molecule has 31 heavy (non-hydrogen) atoms. The number of aromatic hydroxyl groups is 2. The average Bonchev–Trinajstić information content (AvgIpc) is 2.83. The van der Waals surface area contributed by atoms with Crippen molar-refractivity contribution < 1.29 is 36.4 Å². The van der Waals surface area contributed by atoms with Crippen LogP contribution in [0.4, 0.5) is 0 Å². The molecule has 1 aliphatic rings. The van der Waals surface area contributed by atoms with Crippen molar-refractivity contribution in [1.82, 2.24) is 9.97 Å². The molecule has 7 heteroatoms. The van der Waals surface area contributed by atoms with Crippen molar-refractivity contribution in [2.75, 3.05) is 0 Å². The third-order valence-electron chi connectivity index (χ3n) is 4.80. The molecule has 0 bridgehead atoms. The summed E-state index contributed by atoms with van der Waals surface area (Å²) in [5, 5.41) is 29.5. The average molecular weight is 457 g/mol. The quantitative estimate of drug-likeness (QED) is 0.341. The zero-order valence-electron chi connectivity index (χ0n) is 17.1. The normalized spacial score (nSPS) is 13.0. The molecule has 0 unspecified atom stereocenters. The fraction of sp³-hybridized carbons (Fsp3) is 0.250. The van der Waals surface area contributed by atoms with E-state index in [1.807, 2.05) is 36.4 Å². The molecule has 3 N–H and O–H groups in total. The number of pyridine rings is 2. The van der Waals surface area contributed by atoms with Gasteiger partial charge in [0.25, 0.3) is 0 Å². The predicted octanol–water partition coefficient (Wildman–Crippen LogP) is 5.07. The molecular formula is C24H26N2O4V. The van der Waals surface area contributed by atoms with Crippen LogP contribution in [0.15, 0.2) is 73.1 Å². The second-order valence-electron chi connectivity index (χ2n) is 7.00. The summed E-state index contributed by atoms with van der Waals surface area (Å²) in [6.07, 6.45) is 9.26. The number of phenolic OH excluding ortho intramolecular Hbond substituents is 2. The number of phenols is 2. The van der Waals surface area contributed by atoms with Gasteiger partial charge in [-0.3, -0.25) is 9.97 Å². The molecule has 2 aromatic carbocycles. The molecule has 5 rings (SSSR count). The Bertz CT molecular complexity index is 984. The zero-order chi connectivity index (χ0) is 22.5. The van der Waals surface area contributed by atoms with Crippen LogP contribution in [0.25, 0.3) is 21.8 Å². The summed E-state index contributed by atoms with van der Waals surface area (Å²) in [6, 6.07) is 18.3. The molecule has 0 radical (unpaired) electrons. The van der Waals surface area contributed by atoms with Gasteiger partial charge in [-0.2, -0.15) is 0 Å². The van der Waals surface area contributed by atoms with Gasteiger partial charge < -0.3 is 15.3 Å². The van der Waals surface area contributed by atoms with Crippen molar-refractivity contribution in [2.45, 2.75) is 38.2 Å². The molecule has 1 fully saturated rings. The monoisotopic (exact) mass is 457 g/mol. The minimum absolute atomic E-state index is 0.0359. The Morgan fingerprint density at radius 3 is 1.45 bits per heavy atom. The summed E-state index contributed by atoms with van der Waals surface area (Å²) in [4.78, 5) is 8.06. The van der Waals surface area contributed by atoms with E-state index in [-0.39, 0.29) is 17.6 Å². The molecule has 0 amide bonds. The Hall–Kier alpha value is -2.80. The molecule has 6 nitrogen and oxygen atoms in total. The van der Waals surface area contributed by atoms with Crippen molar-refractivity contribution in [3.05, 3.63) is 73.1 Å². The van der Waals surface area contributed by atoms with Crippen LogP contribution in [0.3, 0.4) is 0 Å². The molecule has 1 saturated carbocycles. The molecular weight excluding hydrogens is 431 g/mol. The van der Waals surface area contributed by atoms with Crippen molar-refractivity contribution in [3.63, 3.8) is 0 Å². The van der Waals surface area contributed by atoms with Crippen LogP contribution in [0, 0.1) is 0 Å². The molecule has 4 aromatic rings. The topological polar surface area (TPSA) is 104 Å². The van der Waals surface area contributed by atoms with Crippen LogP contribution < -0.4 is 0 Å². The summed E-state index contributed by atoms with van der Waals surface area (Å²) in [6.45, 7) is 0. The summed E-state index contributed by atoms with van der Waals surface area (Å²) in [7, 11) is 0. The third-order valence-corrected chi connectivity index (χ3v) is 4.80. The molecule has 2 aromatic heterocycles. The number of hydrogen-bond acceptors (Lipinski definition) is 6. The van der Waals surface area contributed by atoms with Gasteiger partial charge in [-0.05, 0) is 37.1 Å². The van der Waals surface area contributed by atoms with Crippen molar-refractivity contribution in [3.8, 4) is 11.5 Å². The molecule has 2 heterocycles. The Morgan fingerprint density at radius 2 is 1.10 bits per heavy atom. The molecule has 0 spiro atoms. The van der Waals surface area contributed by atoms with Crippen molar-refractivity contribution >= 4 is 21.8 Å². The number of benzene rings is 2. The second kappa shape index (κ2) is 13.5. The van der Waals surface area contributed by atoms with Gasteiger partial charge in [0.1, 0.15) is 22.5 Å². The molecule has 0 aliphatic heterocycles. The summed E-state index contributed by atoms with van der Waals surface area (Å²) >= 11 is 1.06. The Labute approximate surface area is 190 Å². The molecule has 1 aliphatic carbocycles. The molecule has 161 valence electrons. The Kier molecular flexibility index (Phi) is 10.7. The van der Waals surface area contributed by atoms with Gasteiger partial charge in [-0.25, -0.2) is 0 Å². The first-order valence-corrected chi connectivity index (χ1v) is 10.6. The molecule has 0 atom stereocenters. The summed E-state index contributed by atoms with van der Waals surface area (Å²) in [5.74, 6) is 0.478. The van der Waals surface area contributed by atoms with Crippen LogP contribution in [0.5, 0.6) is 11.5 Å². The number of aliphatic hydroxyl groups excluding tert-OH is 1. The predicted molar refractivity (Wildman–Crippen MR) is 117 cm³/mol. The SMILES string of the molecule is OC1CCCCC1.Oc1cccc2cccnc12.Oc1cccc2cccnc12.[O]=[V]. The first-order chi connectivity index (χ1) is 15.1. The summed E-state index contributed by atoms with van der Waals surface area (Å²) in [5.41, 5.74) is 1.32. The third kappa shape index (κ3) is 7.76. The van der Waals surface area contributed by atoms with Gasteiger partial charge in [0.2, 0.25) is 0 Å². The zero-order valence-corrected chi connectivity index (χ0v) is 18.5. The standard InChI is InChI=1S/2C9H7NO.C6H12O.O.V/c2*11-8-5-1-3-7-4-2-6-10-9(7)8;7-6-4-2-1-3-5-6;;/h2*1-6,11H;6-7H,1-5H2;;. The minimum atomic E-state index is 0.0359. The van der Waals surface area contributed by atoms with Crippen LogP contribution in [-0.4, -0.2) is 31.4 Å². The number of aromatic nitrogens is 2. The Morgan fingerprint density at radius 1 is 0.677 bits per heavy atom. The second-order valence-corrected chi connectivity index (χ2v) is 7.00. The van der Waals surface area contributed by atoms with Crippen LogP contribution >= 0.6 is 0 Å². The maximum atomic E-state index is 9.31. The van der Waals surface area contributed by atoms with E-state index in [9.17, 15) is 10.2 Å². The van der Waals surface area contributed by atoms with E-state index in [0.29, 0.717) is 11.0 Å². The fourth-order valence-corrected chi connectivity index (χ4v) is 3.26. The number of aliphatic hydroxyl groups is 1. The number of fused-ring (bicyclic) bond motifs is 2. The first-order valence-electron chi connectivity index (χ1n) is 10.1. The van der Waals surface area contributed by atoms with Gasteiger partial charge in [0.05, 0.1) is 6.10 Å². The van der Waals surface area contributed by atoms with Crippen LogP contribution in [-0.2, 0) is 21.0 Å². The number of para-hydroxylation sites is 2. The molecule has 0 saturated heterocycles. The first kappa shape index (κ1) is 24.5. The van der Waals surface area contributed by atoms with E-state index >= 15 is 0 Å². The van der Waals surface area contributed by atoms with Crippen molar-refractivity contribution in [1.29, 1.82) is 0 Å². The Balaban J connectivity index is 0.000000163. The van der Waals surface area contributed by atoms with E-state index < -0.39 is 0 Å². The van der Waals surface area contributed by atoms with Gasteiger partial charge in [0, 0.05) is 23.2 Å². The summed E-state index contributed by atoms with van der Waals surface area (Å²) < 4.78 is 8.19. The van der Waals surface area contributed by atoms with Crippen LogP contribution in [0.1, 0.15) is 32.1 Å². The van der Waals surface area contributed by atoms with Gasteiger partial charge in [-0.15, -0.1) is 0 Å². The van der Waals surface area contributed by atoms with E-state index in [1.165, 1.54) is 19.3 Å². The van der Waals surface area contributed by atoms with Gasteiger partial charge >= 0.3 is 21.0 Å².